The van der Waals surface area contributed by atoms with E-state index in [0.29, 0.717) is 49.5 Å². The third-order valence-electron chi connectivity index (χ3n) is 5.50. The van der Waals surface area contributed by atoms with Crippen LogP contribution in [0.5, 0.6) is 17.2 Å². The van der Waals surface area contributed by atoms with Crippen molar-refractivity contribution in [1.29, 1.82) is 0 Å². The van der Waals surface area contributed by atoms with Crippen molar-refractivity contribution in [1.82, 2.24) is 4.90 Å². The lowest BCUT2D eigenvalue weighted by molar-refractivity contribution is -0.134. The molecule has 164 valence electrons. The van der Waals surface area contributed by atoms with E-state index in [2.05, 4.69) is 5.32 Å². The number of nitrogens with zero attached hydrogens (tertiary/aromatic N) is 1. The van der Waals surface area contributed by atoms with Gasteiger partial charge in [-0.2, -0.15) is 0 Å². The first-order valence-corrected chi connectivity index (χ1v) is 11.4. The highest BCUT2D eigenvalue weighted by Crippen LogP contribution is 2.34. The second-order valence-electron chi connectivity index (χ2n) is 7.49. The van der Waals surface area contributed by atoms with Crippen molar-refractivity contribution in [2.45, 2.75) is 24.2 Å². The molecule has 2 aromatic carbocycles. The number of ether oxygens (including phenoxy) is 3. The minimum absolute atomic E-state index is 0.0129. The molecular formula is C23H26N2O5S. The molecule has 0 saturated carbocycles. The Kier molecular flexibility index (Phi) is 6.86. The van der Waals surface area contributed by atoms with Gasteiger partial charge in [-0.1, -0.05) is 0 Å². The molecule has 4 rings (SSSR count). The van der Waals surface area contributed by atoms with Gasteiger partial charge < -0.3 is 24.4 Å². The SMILES string of the molecule is COc1ccc(SCCC(=O)N2CCC(C(=O)Nc3ccc4c(c3)OCO4)CC2)cc1. The molecular weight excluding hydrogens is 416 g/mol. The predicted molar refractivity (Wildman–Crippen MR) is 119 cm³/mol. The number of carbonyl (C=O) groups is 2. The molecule has 31 heavy (non-hydrogen) atoms. The number of hydrogen-bond acceptors (Lipinski definition) is 6. The average molecular weight is 443 g/mol. The van der Waals surface area contributed by atoms with Gasteiger partial charge in [0.1, 0.15) is 5.75 Å². The highest BCUT2D eigenvalue weighted by molar-refractivity contribution is 7.99. The Morgan fingerprint density at radius 1 is 1.10 bits per heavy atom. The fourth-order valence-corrected chi connectivity index (χ4v) is 4.54. The fraction of sp³-hybridized carbons (Fsp3) is 0.391. The Labute approximate surface area is 186 Å². The Bertz CT molecular complexity index is 926. The quantitative estimate of drug-likeness (QED) is 0.658. The molecule has 0 bridgehead atoms. The molecule has 2 heterocycles. The van der Waals surface area contributed by atoms with Crippen molar-refractivity contribution in [3.05, 3.63) is 42.5 Å². The van der Waals surface area contributed by atoms with Crippen LogP contribution in [0.1, 0.15) is 19.3 Å². The van der Waals surface area contributed by atoms with Crippen LogP contribution in [0, 0.1) is 5.92 Å². The van der Waals surface area contributed by atoms with Crippen LogP contribution < -0.4 is 19.5 Å². The highest BCUT2D eigenvalue weighted by Gasteiger charge is 2.27. The van der Waals surface area contributed by atoms with E-state index < -0.39 is 0 Å². The van der Waals surface area contributed by atoms with E-state index in [1.807, 2.05) is 35.2 Å². The number of hydrogen-bond donors (Lipinski definition) is 1. The van der Waals surface area contributed by atoms with E-state index in [0.717, 1.165) is 16.4 Å². The van der Waals surface area contributed by atoms with Crippen molar-refractivity contribution >= 4 is 29.3 Å². The van der Waals surface area contributed by atoms with Gasteiger partial charge in [-0.15, -0.1) is 11.8 Å². The van der Waals surface area contributed by atoms with Gasteiger partial charge in [-0.3, -0.25) is 9.59 Å². The van der Waals surface area contributed by atoms with Crippen LogP contribution in [0.3, 0.4) is 0 Å². The topological polar surface area (TPSA) is 77.1 Å². The molecule has 0 spiro atoms. The number of anilines is 1. The summed E-state index contributed by atoms with van der Waals surface area (Å²) in [6.07, 6.45) is 1.84. The predicted octanol–water partition coefficient (Wildman–Crippen LogP) is 3.78. The number of rotatable bonds is 7. The molecule has 2 aromatic rings. The molecule has 1 saturated heterocycles. The lowest BCUT2D eigenvalue weighted by atomic mass is 9.95. The van der Waals surface area contributed by atoms with Gasteiger partial charge in [0.2, 0.25) is 18.6 Å². The molecule has 1 N–H and O–H groups in total. The Morgan fingerprint density at radius 2 is 1.84 bits per heavy atom. The highest BCUT2D eigenvalue weighted by atomic mass is 32.2. The molecule has 0 aliphatic carbocycles. The second kappa shape index (κ2) is 9.96. The first-order valence-electron chi connectivity index (χ1n) is 10.4. The van der Waals surface area contributed by atoms with E-state index >= 15 is 0 Å². The Morgan fingerprint density at radius 3 is 2.58 bits per heavy atom. The van der Waals surface area contributed by atoms with Gasteiger partial charge in [0.15, 0.2) is 11.5 Å². The van der Waals surface area contributed by atoms with Crippen molar-refractivity contribution in [3.8, 4) is 17.2 Å². The molecule has 8 heteroatoms. The number of likely N-dealkylation sites (tertiary alicyclic amines) is 1. The molecule has 2 amide bonds. The Hall–Kier alpha value is -2.87. The van der Waals surface area contributed by atoms with Crippen LogP contribution in [-0.2, 0) is 9.59 Å². The molecule has 0 unspecified atom stereocenters. The summed E-state index contributed by atoms with van der Waals surface area (Å²) in [5.41, 5.74) is 0.698. The van der Waals surface area contributed by atoms with Crippen molar-refractivity contribution in [3.63, 3.8) is 0 Å². The van der Waals surface area contributed by atoms with Gasteiger partial charge >= 0.3 is 0 Å². The summed E-state index contributed by atoms with van der Waals surface area (Å²) in [6, 6.07) is 13.2. The number of amides is 2. The number of benzene rings is 2. The lowest BCUT2D eigenvalue weighted by Gasteiger charge is -2.31. The molecule has 0 radical (unpaired) electrons. The van der Waals surface area contributed by atoms with Gasteiger partial charge in [0, 0.05) is 47.8 Å². The number of nitrogens with one attached hydrogen (secondary N) is 1. The van der Waals surface area contributed by atoms with Crippen molar-refractivity contribution < 1.29 is 23.8 Å². The summed E-state index contributed by atoms with van der Waals surface area (Å²) >= 11 is 1.66. The average Bonchev–Trinajstić information content (AvgIpc) is 3.27. The number of piperidine rings is 1. The van der Waals surface area contributed by atoms with Crippen LogP contribution in [0.4, 0.5) is 5.69 Å². The number of carbonyl (C=O) groups excluding carboxylic acids is 2. The largest absolute Gasteiger partial charge is 0.497 e. The zero-order chi connectivity index (χ0) is 21.6. The Balaban J connectivity index is 1.18. The third kappa shape index (κ3) is 5.44. The molecule has 2 aliphatic rings. The first kappa shape index (κ1) is 21.4. The number of methoxy groups -OCH3 is 1. The van der Waals surface area contributed by atoms with Crippen LogP contribution >= 0.6 is 11.8 Å². The standard InChI is InChI=1S/C23H26N2O5S/c1-28-18-3-5-19(6-4-18)31-13-10-22(26)25-11-8-16(9-12-25)23(27)24-17-2-7-20-21(14-17)30-15-29-20/h2-7,14,16H,8-13,15H2,1H3,(H,24,27). The summed E-state index contributed by atoms with van der Waals surface area (Å²) in [4.78, 5) is 28.1. The minimum atomic E-state index is -0.0943. The van der Waals surface area contributed by atoms with Crippen LogP contribution in [0.15, 0.2) is 47.4 Å². The van der Waals surface area contributed by atoms with Gasteiger partial charge in [-0.25, -0.2) is 0 Å². The molecule has 0 atom stereocenters. The summed E-state index contributed by atoms with van der Waals surface area (Å²) < 4.78 is 15.8. The maximum Gasteiger partial charge on any atom is 0.231 e. The summed E-state index contributed by atoms with van der Waals surface area (Å²) in [5, 5.41) is 2.96. The summed E-state index contributed by atoms with van der Waals surface area (Å²) in [6.45, 7) is 1.44. The number of thioether (sulfide) groups is 1. The zero-order valence-electron chi connectivity index (χ0n) is 17.5. The second-order valence-corrected chi connectivity index (χ2v) is 8.65. The van der Waals surface area contributed by atoms with Crippen molar-refractivity contribution in [2.24, 2.45) is 5.92 Å². The third-order valence-corrected chi connectivity index (χ3v) is 6.52. The van der Waals surface area contributed by atoms with Crippen LogP contribution in [0.2, 0.25) is 0 Å². The van der Waals surface area contributed by atoms with Crippen LogP contribution in [0.25, 0.3) is 0 Å². The minimum Gasteiger partial charge on any atom is -0.497 e. The van der Waals surface area contributed by atoms with E-state index in [-0.39, 0.29) is 24.5 Å². The normalized spacial score (nSPS) is 15.6. The maximum absolute atomic E-state index is 12.6. The van der Waals surface area contributed by atoms with Gasteiger partial charge in [0.25, 0.3) is 0 Å². The monoisotopic (exact) mass is 442 g/mol. The van der Waals surface area contributed by atoms with Gasteiger partial charge in [-0.05, 0) is 49.2 Å². The maximum atomic E-state index is 12.6. The van der Waals surface area contributed by atoms with E-state index in [1.165, 1.54) is 0 Å². The molecule has 7 nitrogen and oxygen atoms in total. The fourth-order valence-electron chi connectivity index (χ4n) is 3.70. The lowest BCUT2D eigenvalue weighted by Crippen LogP contribution is -2.41. The number of fused-ring (bicyclic) bond motifs is 1. The van der Waals surface area contributed by atoms with E-state index in [1.54, 1.807) is 31.0 Å². The van der Waals surface area contributed by atoms with E-state index in [9.17, 15) is 9.59 Å². The molecule has 1 fully saturated rings. The smallest absolute Gasteiger partial charge is 0.231 e. The molecule has 0 aromatic heterocycles. The zero-order valence-corrected chi connectivity index (χ0v) is 18.3. The van der Waals surface area contributed by atoms with Gasteiger partial charge in [0.05, 0.1) is 7.11 Å². The first-order chi connectivity index (χ1) is 15.1. The van der Waals surface area contributed by atoms with Crippen LogP contribution in [-0.4, -0.2) is 49.5 Å². The van der Waals surface area contributed by atoms with E-state index in [4.69, 9.17) is 14.2 Å². The molecule has 2 aliphatic heterocycles. The summed E-state index contributed by atoms with van der Waals surface area (Å²) in [7, 11) is 1.64. The summed E-state index contributed by atoms with van der Waals surface area (Å²) in [5.74, 6) is 2.93. The van der Waals surface area contributed by atoms with Crippen molar-refractivity contribution in [2.75, 3.05) is 38.1 Å².